The van der Waals surface area contributed by atoms with Crippen molar-refractivity contribution in [2.24, 2.45) is 0 Å². The fourth-order valence-electron chi connectivity index (χ4n) is 0.957. The molecule has 0 spiro atoms. The molecule has 0 aliphatic carbocycles. The SMILES string of the molecule is C=C/C=C1/NCNN/C1=C/C=C. The molecule has 1 aliphatic rings. The summed E-state index contributed by atoms with van der Waals surface area (Å²) in [5, 5.41) is 3.16. The third-order valence-electron chi connectivity index (χ3n) is 1.45. The molecule has 0 atom stereocenters. The lowest BCUT2D eigenvalue weighted by atomic mass is 10.2. The second kappa shape index (κ2) is 4.41. The molecule has 0 saturated carbocycles. The number of hydrazine groups is 1. The van der Waals surface area contributed by atoms with Crippen molar-refractivity contribution in [3.63, 3.8) is 0 Å². The molecule has 3 heteroatoms. The molecule has 0 aromatic carbocycles. The van der Waals surface area contributed by atoms with Gasteiger partial charge in [-0.2, -0.15) is 0 Å². The molecule has 0 amide bonds. The van der Waals surface area contributed by atoms with Crippen LogP contribution < -0.4 is 16.2 Å². The predicted molar refractivity (Wildman–Crippen MR) is 50.8 cm³/mol. The number of rotatable bonds is 2. The van der Waals surface area contributed by atoms with Crippen LogP contribution in [0, 0.1) is 0 Å². The molecule has 12 heavy (non-hydrogen) atoms. The summed E-state index contributed by atoms with van der Waals surface area (Å²) in [7, 11) is 0. The van der Waals surface area contributed by atoms with E-state index in [9.17, 15) is 0 Å². The topological polar surface area (TPSA) is 36.1 Å². The molecule has 1 aliphatic heterocycles. The first-order chi connectivity index (χ1) is 5.88. The van der Waals surface area contributed by atoms with E-state index in [1.54, 1.807) is 12.2 Å². The third kappa shape index (κ3) is 2.00. The van der Waals surface area contributed by atoms with E-state index in [1.807, 2.05) is 12.2 Å². The van der Waals surface area contributed by atoms with Crippen LogP contribution in [-0.2, 0) is 0 Å². The van der Waals surface area contributed by atoms with Gasteiger partial charge in [0, 0.05) is 0 Å². The number of nitrogens with one attached hydrogen (secondary N) is 3. The maximum atomic E-state index is 3.63. The fourth-order valence-corrected chi connectivity index (χ4v) is 0.957. The summed E-state index contributed by atoms with van der Waals surface area (Å²) in [5.74, 6) is 0. The summed E-state index contributed by atoms with van der Waals surface area (Å²) >= 11 is 0. The van der Waals surface area contributed by atoms with Gasteiger partial charge in [-0.1, -0.05) is 25.3 Å². The third-order valence-corrected chi connectivity index (χ3v) is 1.45. The quantitative estimate of drug-likeness (QED) is 0.563. The molecule has 1 heterocycles. The van der Waals surface area contributed by atoms with Gasteiger partial charge in [-0.25, -0.2) is 5.43 Å². The minimum absolute atomic E-state index is 0.703. The Hall–Kier alpha value is -1.48. The second-order valence-corrected chi connectivity index (χ2v) is 2.29. The molecular weight excluding hydrogens is 150 g/mol. The Labute approximate surface area is 72.5 Å². The van der Waals surface area contributed by atoms with E-state index in [0.29, 0.717) is 6.67 Å². The van der Waals surface area contributed by atoms with Crippen LogP contribution in [0.3, 0.4) is 0 Å². The van der Waals surface area contributed by atoms with Crippen molar-refractivity contribution in [1.82, 2.24) is 16.2 Å². The van der Waals surface area contributed by atoms with Gasteiger partial charge in [0.25, 0.3) is 0 Å². The molecule has 0 unspecified atom stereocenters. The van der Waals surface area contributed by atoms with Crippen molar-refractivity contribution in [3.05, 3.63) is 48.9 Å². The molecular formula is C9H13N3. The van der Waals surface area contributed by atoms with Gasteiger partial charge in [-0.15, -0.1) is 0 Å². The highest BCUT2D eigenvalue weighted by molar-refractivity contribution is 5.33. The Morgan fingerprint density at radius 2 is 1.75 bits per heavy atom. The van der Waals surface area contributed by atoms with E-state index >= 15 is 0 Å². The van der Waals surface area contributed by atoms with Crippen molar-refractivity contribution in [1.29, 1.82) is 0 Å². The van der Waals surface area contributed by atoms with Gasteiger partial charge in [-0.05, 0) is 12.2 Å². The largest absolute Gasteiger partial charge is 0.369 e. The van der Waals surface area contributed by atoms with E-state index in [2.05, 4.69) is 29.3 Å². The highest BCUT2D eigenvalue weighted by Crippen LogP contribution is 2.04. The van der Waals surface area contributed by atoms with Crippen molar-refractivity contribution in [3.8, 4) is 0 Å². The molecule has 3 nitrogen and oxygen atoms in total. The van der Waals surface area contributed by atoms with Crippen LogP contribution in [0.4, 0.5) is 0 Å². The first kappa shape index (κ1) is 8.62. The van der Waals surface area contributed by atoms with Crippen LogP contribution in [0.1, 0.15) is 0 Å². The number of hydrogen-bond donors (Lipinski definition) is 3. The average molecular weight is 163 g/mol. The lowest BCUT2D eigenvalue weighted by molar-refractivity contribution is 0.519. The van der Waals surface area contributed by atoms with Gasteiger partial charge in [0.05, 0.1) is 18.1 Å². The molecule has 1 rings (SSSR count). The van der Waals surface area contributed by atoms with Crippen molar-refractivity contribution < 1.29 is 0 Å². The molecule has 0 aromatic rings. The van der Waals surface area contributed by atoms with E-state index in [-0.39, 0.29) is 0 Å². The Morgan fingerprint density at radius 1 is 1.08 bits per heavy atom. The van der Waals surface area contributed by atoms with Crippen LogP contribution in [0.5, 0.6) is 0 Å². The van der Waals surface area contributed by atoms with Crippen molar-refractivity contribution >= 4 is 0 Å². The zero-order valence-corrected chi connectivity index (χ0v) is 6.93. The lowest BCUT2D eigenvalue weighted by Crippen LogP contribution is -2.46. The maximum absolute atomic E-state index is 3.63. The lowest BCUT2D eigenvalue weighted by Gasteiger charge is -2.22. The summed E-state index contributed by atoms with van der Waals surface area (Å²) in [6, 6.07) is 0. The summed E-state index contributed by atoms with van der Waals surface area (Å²) < 4.78 is 0. The smallest absolute Gasteiger partial charge is 0.0828 e. The minimum atomic E-state index is 0.703. The average Bonchev–Trinajstić information content (AvgIpc) is 2.09. The Balaban J connectivity index is 2.80. The zero-order chi connectivity index (χ0) is 8.81. The van der Waals surface area contributed by atoms with Crippen LogP contribution in [0.15, 0.2) is 48.9 Å². The van der Waals surface area contributed by atoms with Crippen LogP contribution in [-0.4, -0.2) is 6.67 Å². The summed E-state index contributed by atoms with van der Waals surface area (Å²) in [5.41, 5.74) is 7.96. The maximum Gasteiger partial charge on any atom is 0.0828 e. The first-order valence-corrected chi connectivity index (χ1v) is 3.77. The van der Waals surface area contributed by atoms with E-state index in [0.717, 1.165) is 11.4 Å². The van der Waals surface area contributed by atoms with Gasteiger partial charge in [0.1, 0.15) is 0 Å². The molecule has 0 radical (unpaired) electrons. The van der Waals surface area contributed by atoms with Crippen LogP contribution >= 0.6 is 0 Å². The monoisotopic (exact) mass is 163 g/mol. The minimum Gasteiger partial charge on any atom is -0.369 e. The molecule has 64 valence electrons. The van der Waals surface area contributed by atoms with E-state index < -0.39 is 0 Å². The van der Waals surface area contributed by atoms with E-state index in [1.165, 1.54) is 0 Å². The highest BCUT2D eigenvalue weighted by atomic mass is 15.4. The Kier molecular flexibility index (Phi) is 3.17. The Bertz CT molecular complexity index is 212. The van der Waals surface area contributed by atoms with Crippen LogP contribution in [0.25, 0.3) is 0 Å². The second-order valence-electron chi connectivity index (χ2n) is 2.29. The molecule has 1 fully saturated rings. The normalized spacial score (nSPS) is 23.0. The van der Waals surface area contributed by atoms with E-state index in [4.69, 9.17) is 0 Å². The first-order valence-electron chi connectivity index (χ1n) is 3.77. The summed E-state index contributed by atoms with van der Waals surface area (Å²) in [6.07, 6.45) is 7.26. The predicted octanol–water partition coefficient (Wildman–Crippen LogP) is 0.781. The van der Waals surface area contributed by atoms with Gasteiger partial charge >= 0.3 is 0 Å². The van der Waals surface area contributed by atoms with Gasteiger partial charge in [0.2, 0.25) is 0 Å². The Morgan fingerprint density at radius 3 is 2.42 bits per heavy atom. The number of hydrogen-bond acceptors (Lipinski definition) is 3. The van der Waals surface area contributed by atoms with Gasteiger partial charge in [-0.3, -0.25) is 0 Å². The fraction of sp³-hybridized carbons (Fsp3) is 0.111. The highest BCUT2D eigenvalue weighted by Gasteiger charge is 2.06. The van der Waals surface area contributed by atoms with Crippen molar-refractivity contribution in [2.45, 2.75) is 0 Å². The van der Waals surface area contributed by atoms with Crippen LogP contribution in [0.2, 0.25) is 0 Å². The summed E-state index contributed by atoms with van der Waals surface area (Å²) in [6.45, 7) is 7.96. The molecule has 0 bridgehead atoms. The van der Waals surface area contributed by atoms with Gasteiger partial charge in [0.15, 0.2) is 0 Å². The molecule has 1 saturated heterocycles. The molecule has 0 aromatic heterocycles. The van der Waals surface area contributed by atoms with Gasteiger partial charge < -0.3 is 10.7 Å². The summed E-state index contributed by atoms with van der Waals surface area (Å²) in [4.78, 5) is 0. The standard InChI is InChI=1S/C9H13N3/c1-3-5-8-9(6-4-2)12-11-7-10-8/h3-6,10-12H,1-2,7H2/b8-5+,9-6+. The molecule has 3 N–H and O–H groups in total. The van der Waals surface area contributed by atoms with Crippen molar-refractivity contribution in [2.75, 3.05) is 6.67 Å². The number of allylic oxidation sites excluding steroid dienone is 4. The zero-order valence-electron chi connectivity index (χ0n) is 6.93.